The number of carbonyl (C=O) groups excluding carboxylic acids is 1. The fourth-order valence-corrected chi connectivity index (χ4v) is 2.39. The minimum Gasteiger partial charge on any atom is -0.505 e. The average molecular weight is 379 g/mol. The highest BCUT2D eigenvalue weighted by Crippen LogP contribution is 2.27. The normalized spacial score (nSPS) is 10.1. The maximum atomic E-state index is 11.9. The molecule has 0 aliphatic rings. The van der Waals surface area contributed by atoms with Gasteiger partial charge in [-0.2, -0.15) is 0 Å². The molecule has 3 aromatic carbocycles. The predicted octanol–water partition coefficient (Wildman–Crippen LogP) is 4.63. The van der Waals surface area contributed by atoms with Gasteiger partial charge < -0.3 is 19.7 Å². The molecule has 0 spiro atoms. The standard InChI is InChI=1S/C21H17NO6/c23-19-17(20(24)25)7-4-8-18(19)22-21(26)27-13-14-9-11-16(12-10-14)28-15-5-2-1-3-6-15/h1-12,23H,13H2,(H,22,26)(H,24,25). The summed E-state index contributed by atoms with van der Waals surface area (Å²) in [6, 6.07) is 20.4. The largest absolute Gasteiger partial charge is 0.505 e. The van der Waals surface area contributed by atoms with Crippen LogP contribution in [0.5, 0.6) is 17.2 Å². The van der Waals surface area contributed by atoms with Gasteiger partial charge in [0.25, 0.3) is 0 Å². The number of aromatic carboxylic acids is 1. The van der Waals surface area contributed by atoms with E-state index < -0.39 is 17.8 Å². The van der Waals surface area contributed by atoms with Crippen molar-refractivity contribution in [3.63, 3.8) is 0 Å². The Bertz CT molecular complexity index is 970. The van der Waals surface area contributed by atoms with Gasteiger partial charge in [-0.05, 0) is 42.0 Å². The average Bonchev–Trinajstić information content (AvgIpc) is 2.69. The summed E-state index contributed by atoms with van der Waals surface area (Å²) in [6.07, 6.45) is -0.817. The molecule has 3 aromatic rings. The zero-order valence-corrected chi connectivity index (χ0v) is 14.7. The van der Waals surface area contributed by atoms with E-state index in [1.807, 2.05) is 30.3 Å². The molecule has 0 fully saturated rings. The van der Waals surface area contributed by atoms with E-state index >= 15 is 0 Å². The van der Waals surface area contributed by atoms with Gasteiger partial charge in [0.15, 0.2) is 5.75 Å². The number of carboxylic acid groups (broad SMARTS) is 1. The van der Waals surface area contributed by atoms with Gasteiger partial charge in [-0.3, -0.25) is 5.32 Å². The lowest BCUT2D eigenvalue weighted by Gasteiger charge is -2.10. The molecule has 0 aliphatic heterocycles. The number of ether oxygens (including phenoxy) is 2. The fraction of sp³-hybridized carbons (Fsp3) is 0.0476. The number of para-hydroxylation sites is 2. The van der Waals surface area contributed by atoms with Crippen molar-refractivity contribution >= 4 is 17.7 Å². The summed E-state index contributed by atoms with van der Waals surface area (Å²) < 4.78 is 10.8. The molecule has 0 bridgehead atoms. The van der Waals surface area contributed by atoms with Crippen LogP contribution in [-0.2, 0) is 11.3 Å². The van der Waals surface area contributed by atoms with Crippen molar-refractivity contribution < 1.29 is 29.3 Å². The number of benzene rings is 3. The SMILES string of the molecule is O=C(Nc1cccc(C(=O)O)c1O)OCc1ccc(Oc2ccccc2)cc1. The molecule has 3 rings (SSSR count). The number of rotatable bonds is 6. The summed E-state index contributed by atoms with van der Waals surface area (Å²) in [6.45, 7) is -0.00314. The van der Waals surface area contributed by atoms with Crippen molar-refractivity contribution in [2.24, 2.45) is 0 Å². The van der Waals surface area contributed by atoms with Crippen LogP contribution in [0.15, 0.2) is 72.8 Å². The fourth-order valence-electron chi connectivity index (χ4n) is 2.39. The van der Waals surface area contributed by atoms with Crippen LogP contribution < -0.4 is 10.1 Å². The number of phenols is 1. The lowest BCUT2D eigenvalue weighted by Crippen LogP contribution is -2.14. The molecule has 3 N–H and O–H groups in total. The molecule has 0 aromatic heterocycles. The minimum absolute atomic E-state index is 0.00314. The number of aromatic hydroxyl groups is 1. The second-order valence-corrected chi connectivity index (χ2v) is 5.77. The van der Waals surface area contributed by atoms with Crippen LogP contribution in [0.25, 0.3) is 0 Å². The Morgan fingerprint density at radius 3 is 2.21 bits per heavy atom. The third-order valence-corrected chi connectivity index (χ3v) is 3.78. The first-order valence-electron chi connectivity index (χ1n) is 8.34. The number of nitrogens with one attached hydrogen (secondary N) is 1. The van der Waals surface area contributed by atoms with Crippen LogP contribution in [0.1, 0.15) is 15.9 Å². The van der Waals surface area contributed by atoms with Gasteiger partial charge >= 0.3 is 12.1 Å². The van der Waals surface area contributed by atoms with E-state index in [1.165, 1.54) is 18.2 Å². The Labute approximate surface area is 160 Å². The first-order valence-corrected chi connectivity index (χ1v) is 8.34. The van der Waals surface area contributed by atoms with Crippen LogP contribution >= 0.6 is 0 Å². The second kappa shape index (κ2) is 8.59. The first kappa shape index (κ1) is 18.8. The van der Waals surface area contributed by atoms with E-state index in [2.05, 4.69) is 5.32 Å². The van der Waals surface area contributed by atoms with Crippen LogP contribution in [0.2, 0.25) is 0 Å². The van der Waals surface area contributed by atoms with Gasteiger partial charge in [-0.15, -0.1) is 0 Å². The molecule has 7 nitrogen and oxygen atoms in total. The van der Waals surface area contributed by atoms with Gasteiger partial charge in [0.05, 0.1) is 5.69 Å². The monoisotopic (exact) mass is 379 g/mol. The van der Waals surface area contributed by atoms with Crippen LogP contribution in [0, 0.1) is 0 Å². The summed E-state index contributed by atoms with van der Waals surface area (Å²) in [4.78, 5) is 22.9. The van der Waals surface area contributed by atoms with E-state index in [0.717, 1.165) is 5.56 Å². The number of hydrogen-bond donors (Lipinski definition) is 3. The highest BCUT2D eigenvalue weighted by molar-refractivity contribution is 5.96. The quantitative estimate of drug-likeness (QED) is 0.539. The third-order valence-electron chi connectivity index (χ3n) is 3.78. The molecule has 142 valence electrons. The van der Waals surface area contributed by atoms with Gasteiger partial charge in [0.2, 0.25) is 0 Å². The molecule has 7 heteroatoms. The summed E-state index contributed by atoms with van der Waals surface area (Å²) in [5, 5.41) is 21.2. The maximum Gasteiger partial charge on any atom is 0.412 e. The summed E-state index contributed by atoms with van der Waals surface area (Å²) >= 11 is 0. The Hall–Kier alpha value is -4.00. The highest BCUT2D eigenvalue weighted by atomic mass is 16.5. The van der Waals surface area contributed by atoms with Gasteiger partial charge in [0, 0.05) is 0 Å². The lowest BCUT2D eigenvalue weighted by molar-refractivity contribution is 0.0693. The molecule has 0 unspecified atom stereocenters. The van der Waals surface area contributed by atoms with Gasteiger partial charge in [0.1, 0.15) is 23.7 Å². The number of amides is 1. The summed E-state index contributed by atoms with van der Waals surface area (Å²) in [5.41, 5.74) is 0.377. The highest BCUT2D eigenvalue weighted by Gasteiger charge is 2.15. The third kappa shape index (κ3) is 4.79. The molecular weight excluding hydrogens is 362 g/mol. The molecular formula is C21H17NO6. The molecule has 28 heavy (non-hydrogen) atoms. The summed E-state index contributed by atoms with van der Waals surface area (Å²) in [5.74, 6) is -0.467. The van der Waals surface area contributed by atoms with Gasteiger partial charge in [-0.1, -0.05) is 36.4 Å². The van der Waals surface area contributed by atoms with Crippen LogP contribution in [0.4, 0.5) is 10.5 Å². The van der Waals surface area contributed by atoms with Crippen molar-refractivity contribution in [3.05, 3.63) is 83.9 Å². The van der Waals surface area contributed by atoms with Crippen LogP contribution in [-0.4, -0.2) is 22.3 Å². The number of carbonyl (C=O) groups is 2. The van der Waals surface area contributed by atoms with Crippen molar-refractivity contribution in [1.82, 2.24) is 0 Å². The van der Waals surface area contributed by atoms with E-state index in [-0.39, 0.29) is 17.9 Å². The molecule has 0 aliphatic carbocycles. The molecule has 0 heterocycles. The molecule has 0 saturated carbocycles. The van der Waals surface area contributed by atoms with Gasteiger partial charge in [-0.25, -0.2) is 9.59 Å². The predicted molar refractivity (Wildman–Crippen MR) is 102 cm³/mol. The number of hydrogen-bond acceptors (Lipinski definition) is 5. The maximum absolute atomic E-state index is 11.9. The number of anilines is 1. The Kier molecular flexibility index (Phi) is 5.76. The molecule has 1 amide bonds. The number of carboxylic acids is 1. The van der Waals surface area contributed by atoms with Crippen molar-refractivity contribution in [1.29, 1.82) is 0 Å². The van der Waals surface area contributed by atoms with E-state index in [0.29, 0.717) is 11.5 Å². The zero-order valence-electron chi connectivity index (χ0n) is 14.7. The zero-order chi connectivity index (χ0) is 19.9. The second-order valence-electron chi connectivity index (χ2n) is 5.77. The van der Waals surface area contributed by atoms with Crippen LogP contribution in [0.3, 0.4) is 0 Å². The lowest BCUT2D eigenvalue weighted by atomic mass is 10.2. The Morgan fingerprint density at radius 2 is 1.54 bits per heavy atom. The van der Waals surface area contributed by atoms with Crippen molar-refractivity contribution in [2.45, 2.75) is 6.61 Å². The van der Waals surface area contributed by atoms with Crippen molar-refractivity contribution in [3.8, 4) is 17.2 Å². The summed E-state index contributed by atoms with van der Waals surface area (Å²) in [7, 11) is 0. The first-order chi connectivity index (χ1) is 13.5. The molecule has 0 radical (unpaired) electrons. The van der Waals surface area contributed by atoms with Crippen molar-refractivity contribution in [2.75, 3.05) is 5.32 Å². The minimum atomic E-state index is -1.30. The molecule has 0 atom stereocenters. The van der Waals surface area contributed by atoms with E-state index in [4.69, 9.17) is 14.6 Å². The topological polar surface area (TPSA) is 105 Å². The molecule has 0 saturated heterocycles. The Morgan fingerprint density at radius 1 is 0.857 bits per heavy atom. The van der Waals surface area contributed by atoms with E-state index in [9.17, 15) is 14.7 Å². The Balaban J connectivity index is 1.55. The smallest absolute Gasteiger partial charge is 0.412 e. The van der Waals surface area contributed by atoms with E-state index in [1.54, 1.807) is 24.3 Å².